The van der Waals surface area contributed by atoms with E-state index in [0.29, 0.717) is 12.2 Å². The molecule has 0 spiro atoms. The van der Waals surface area contributed by atoms with Crippen LogP contribution in [-0.2, 0) is 12.8 Å². The largest absolute Gasteiger partial charge is 0.349 e. The van der Waals surface area contributed by atoms with Gasteiger partial charge in [0.05, 0.1) is 5.69 Å². The fourth-order valence-corrected chi connectivity index (χ4v) is 4.03. The van der Waals surface area contributed by atoms with Crippen LogP contribution < -0.4 is 10.6 Å². The van der Waals surface area contributed by atoms with Gasteiger partial charge in [-0.3, -0.25) is 9.69 Å². The fourth-order valence-electron chi connectivity index (χ4n) is 4.03. The number of rotatable bonds is 5. The van der Waals surface area contributed by atoms with Gasteiger partial charge in [-0.2, -0.15) is 5.10 Å². The van der Waals surface area contributed by atoms with E-state index in [1.54, 1.807) is 0 Å². The number of carbonyl (C=O) groups excluding carboxylic acids is 1. The molecule has 0 atom stereocenters. The molecule has 1 fully saturated rings. The van der Waals surface area contributed by atoms with Crippen molar-refractivity contribution in [2.24, 2.45) is 0 Å². The lowest BCUT2D eigenvalue weighted by Gasteiger charge is -2.27. The summed E-state index contributed by atoms with van der Waals surface area (Å²) < 4.78 is 1.99. The van der Waals surface area contributed by atoms with Crippen molar-refractivity contribution in [3.8, 4) is 5.69 Å². The quantitative estimate of drug-likeness (QED) is 0.844. The molecular formula is C21H29N5O. The Bertz CT molecular complexity index is 790. The van der Waals surface area contributed by atoms with E-state index >= 15 is 0 Å². The van der Waals surface area contributed by atoms with Gasteiger partial charge in [0.15, 0.2) is 5.69 Å². The molecule has 0 bridgehead atoms. The van der Waals surface area contributed by atoms with Gasteiger partial charge >= 0.3 is 0 Å². The lowest BCUT2D eigenvalue weighted by atomic mass is 9.95. The number of fused-ring (bicyclic) bond motifs is 1. The third kappa shape index (κ3) is 4.06. The fraction of sp³-hybridized carbons (Fsp3) is 0.524. The van der Waals surface area contributed by atoms with Crippen LogP contribution in [-0.4, -0.2) is 59.9 Å². The topological polar surface area (TPSA) is 62.2 Å². The van der Waals surface area contributed by atoms with Crippen molar-refractivity contribution in [2.45, 2.75) is 32.6 Å². The summed E-state index contributed by atoms with van der Waals surface area (Å²) >= 11 is 0. The van der Waals surface area contributed by atoms with Crippen molar-refractivity contribution in [2.75, 3.05) is 39.3 Å². The molecule has 0 saturated carbocycles. The number of nitrogens with zero attached hydrogens (tertiary/aromatic N) is 3. The van der Waals surface area contributed by atoms with E-state index in [1.165, 1.54) is 11.3 Å². The molecule has 0 radical (unpaired) electrons. The Morgan fingerprint density at radius 1 is 1.15 bits per heavy atom. The molecule has 6 nitrogen and oxygen atoms in total. The van der Waals surface area contributed by atoms with Crippen LogP contribution in [0.25, 0.3) is 5.69 Å². The second kappa shape index (κ2) is 8.23. The first-order chi connectivity index (χ1) is 13.2. The zero-order valence-corrected chi connectivity index (χ0v) is 16.1. The highest BCUT2D eigenvalue weighted by atomic mass is 16.2. The Hall–Kier alpha value is -2.18. The second-order valence-corrected chi connectivity index (χ2v) is 7.58. The SMILES string of the molecule is Cc1ccc(-n2nc(C(=O)NCCN3CCNCC3)c3c2CCCC3)cc1. The predicted octanol–water partition coefficient (Wildman–Crippen LogP) is 1.69. The number of hydrogen-bond donors (Lipinski definition) is 2. The van der Waals surface area contributed by atoms with E-state index in [1.807, 2.05) is 4.68 Å². The van der Waals surface area contributed by atoms with Crippen LogP contribution in [0.1, 0.15) is 40.2 Å². The van der Waals surface area contributed by atoms with E-state index in [9.17, 15) is 4.79 Å². The molecular weight excluding hydrogens is 338 g/mol. The summed E-state index contributed by atoms with van der Waals surface area (Å²) in [6.45, 7) is 7.81. The summed E-state index contributed by atoms with van der Waals surface area (Å²) in [7, 11) is 0. The van der Waals surface area contributed by atoms with Crippen molar-refractivity contribution < 1.29 is 4.79 Å². The average Bonchev–Trinajstić information content (AvgIpc) is 3.09. The van der Waals surface area contributed by atoms with Crippen molar-refractivity contribution in [3.63, 3.8) is 0 Å². The lowest BCUT2D eigenvalue weighted by molar-refractivity contribution is 0.0941. The van der Waals surface area contributed by atoms with Crippen LogP contribution in [0.5, 0.6) is 0 Å². The van der Waals surface area contributed by atoms with Gasteiger partial charge in [0.2, 0.25) is 0 Å². The maximum absolute atomic E-state index is 12.8. The highest BCUT2D eigenvalue weighted by molar-refractivity contribution is 5.94. The third-order valence-electron chi connectivity index (χ3n) is 5.60. The summed E-state index contributed by atoms with van der Waals surface area (Å²) in [5.41, 5.74) is 5.23. The molecule has 1 saturated heterocycles. The average molecular weight is 367 g/mol. The van der Waals surface area contributed by atoms with E-state index in [2.05, 4.69) is 46.7 Å². The van der Waals surface area contributed by atoms with Gasteiger partial charge in [0.1, 0.15) is 0 Å². The number of hydrogen-bond acceptors (Lipinski definition) is 4. The molecule has 1 aliphatic carbocycles. The normalized spacial score (nSPS) is 17.5. The summed E-state index contributed by atoms with van der Waals surface area (Å²) in [6, 6.07) is 8.37. The van der Waals surface area contributed by atoms with Crippen LogP contribution in [0.3, 0.4) is 0 Å². The van der Waals surface area contributed by atoms with Crippen LogP contribution in [0, 0.1) is 6.92 Å². The second-order valence-electron chi connectivity index (χ2n) is 7.58. The maximum Gasteiger partial charge on any atom is 0.272 e. The zero-order chi connectivity index (χ0) is 18.6. The highest BCUT2D eigenvalue weighted by Crippen LogP contribution is 2.27. The smallest absolute Gasteiger partial charge is 0.272 e. The first kappa shape index (κ1) is 18.2. The molecule has 144 valence electrons. The molecule has 2 aromatic rings. The molecule has 1 aromatic carbocycles. The molecule has 2 heterocycles. The molecule has 2 N–H and O–H groups in total. The summed E-state index contributed by atoms with van der Waals surface area (Å²) in [4.78, 5) is 15.2. The summed E-state index contributed by atoms with van der Waals surface area (Å²) in [5.74, 6) is -0.0332. The number of benzene rings is 1. The third-order valence-corrected chi connectivity index (χ3v) is 5.60. The maximum atomic E-state index is 12.8. The number of nitrogens with one attached hydrogen (secondary N) is 2. The first-order valence-electron chi connectivity index (χ1n) is 10.1. The number of carbonyl (C=O) groups is 1. The van der Waals surface area contributed by atoms with Crippen molar-refractivity contribution in [1.82, 2.24) is 25.3 Å². The summed E-state index contributed by atoms with van der Waals surface area (Å²) in [6.07, 6.45) is 4.23. The Labute approximate surface area is 160 Å². The summed E-state index contributed by atoms with van der Waals surface area (Å²) in [5, 5.41) is 11.2. The molecule has 2 aliphatic rings. The first-order valence-corrected chi connectivity index (χ1v) is 10.1. The van der Waals surface area contributed by atoms with Gasteiger partial charge in [-0.25, -0.2) is 4.68 Å². The highest BCUT2D eigenvalue weighted by Gasteiger charge is 2.25. The zero-order valence-electron chi connectivity index (χ0n) is 16.1. The Kier molecular flexibility index (Phi) is 5.55. The molecule has 1 aliphatic heterocycles. The Balaban J connectivity index is 1.49. The molecule has 1 amide bonds. The minimum Gasteiger partial charge on any atom is -0.349 e. The number of piperazine rings is 1. The molecule has 4 rings (SSSR count). The minimum absolute atomic E-state index is 0.0332. The van der Waals surface area contributed by atoms with Crippen LogP contribution in [0.15, 0.2) is 24.3 Å². The van der Waals surface area contributed by atoms with Gasteiger partial charge in [-0.1, -0.05) is 17.7 Å². The van der Waals surface area contributed by atoms with Crippen LogP contribution in [0.4, 0.5) is 0 Å². The number of aryl methyl sites for hydroxylation is 1. The van der Waals surface area contributed by atoms with Gasteiger partial charge in [0.25, 0.3) is 5.91 Å². The molecule has 6 heteroatoms. The van der Waals surface area contributed by atoms with Gasteiger partial charge in [-0.15, -0.1) is 0 Å². The predicted molar refractivity (Wildman–Crippen MR) is 107 cm³/mol. The monoisotopic (exact) mass is 367 g/mol. The Morgan fingerprint density at radius 2 is 1.89 bits per heavy atom. The van der Waals surface area contributed by atoms with Crippen LogP contribution >= 0.6 is 0 Å². The van der Waals surface area contributed by atoms with E-state index in [4.69, 9.17) is 5.10 Å². The van der Waals surface area contributed by atoms with Gasteiger partial charge in [-0.05, 0) is 44.7 Å². The van der Waals surface area contributed by atoms with E-state index in [-0.39, 0.29) is 5.91 Å². The van der Waals surface area contributed by atoms with Crippen molar-refractivity contribution >= 4 is 5.91 Å². The molecule has 1 aromatic heterocycles. The standard InChI is InChI=1S/C21H29N5O/c1-16-6-8-17(9-7-16)26-19-5-3-2-4-18(19)20(24-26)21(27)23-12-15-25-13-10-22-11-14-25/h6-9,22H,2-5,10-15H2,1H3,(H,23,27). The Morgan fingerprint density at radius 3 is 2.67 bits per heavy atom. The van der Waals surface area contributed by atoms with E-state index < -0.39 is 0 Å². The van der Waals surface area contributed by atoms with Crippen molar-refractivity contribution in [3.05, 3.63) is 46.8 Å². The molecule has 27 heavy (non-hydrogen) atoms. The van der Waals surface area contributed by atoms with Crippen molar-refractivity contribution in [1.29, 1.82) is 0 Å². The lowest BCUT2D eigenvalue weighted by Crippen LogP contribution is -2.46. The number of aromatic nitrogens is 2. The molecule has 0 unspecified atom stereocenters. The van der Waals surface area contributed by atoms with E-state index in [0.717, 1.165) is 69.7 Å². The van der Waals surface area contributed by atoms with Crippen LogP contribution in [0.2, 0.25) is 0 Å². The van der Waals surface area contributed by atoms with Gasteiger partial charge in [0, 0.05) is 50.5 Å². The number of amides is 1. The minimum atomic E-state index is -0.0332. The van der Waals surface area contributed by atoms with Gasteiger partial charge < -0.3 is 10.6 Å².